The molecule has 0 bridgehead atoms. The maximum Gasteiger partial charge on any atom is 0.220 e. The van der Waals surface area contributed by atoms with Gasteiger partial charge in [-0.05, 0) is 30.5 Å². The number of Topliss-reactive ketones (excluding diaryl/α,β-unsaturated/α-hetero) is 1. The molecule has 1 rings (SSSR count). The molecule has 0 aliphatic carbocycles. The highest BCUT2D eigenvalue weighted by Gasteiger charge is 2.16. The number of halogens is 2. The minimum atomic E-state index is -0.150. The molecule has 24 heavy (non-hydrogen) atoms. The van der Waals surface area contributed by atoms with Crippen molar-refractivity contribution in [3.63, 3.8) is 0 Å². The van der Waals surface area contributed by atoms with Crippen molar-refractivity contribution in [1.29, 1.82) is 0 Å². The zero-order valence-corrected chi connectivity index (χ0v) is 16.7. The van der Waals surface area contributed by atoms with E-state index >= 15 is 0 Å². The summed E-state index contributed by atoms with van der Waals surface area (Å²) >= 11 is 3.34. The van der Waals surface area contributed by atoms with Gasteiger partial charge in [0.05, 0.1) is 12.7 Å². The van der Waals surface area contributed by atoms with Gasteiger partial charge in [-0.25, -0.2) is 0 Å². The van der Waals surface area contributed by atoms with Crippen molar-refractivity contribution in [2.45, 2.75) is 39.2 Å². The van der Waals surface area contributed by atoms with Crippen LogP contribution < -0.4 is 15.8 Å². The molecule has 1 aromatic rings. The number of ketones is 1. The lowest BCUT2D eigenvalue weighted by atomic mass is 10.0. The second-order valence-corrected chi connectivity index (χ2v) is 6.81. The van der Waals surface area contributed by atoms with Crippen molar-refractivity contribution < 1.29 is 14.3 Å². The third kappa shape index (κ3) is 7.64. The summed E-state index contributed by atoms with van der Waals surface area (Å²) in [5.41, 5.74) is 6.15. The molecule has 5 nitrogen and oxygen atoms in total. The summed E-state index contributed by atoms with van der Waals surface area (Å²) in [6, 6.07) is 5.20. The number of amides is 1. The third-order valence-corrected chi connectivity index (χ3v) is 3.94. The Morgan fingerprint density at radius 2 is 1.96 bits per heavy atom. The smallest absolute Gasteiger partial charge is 0.220 e. The second-order valence-electron chi connectivity index (χ2n) is 5.90. The van der Waals surface area contributed by atoms with E-state index in [2.05, 4.69) is 35.1 Å². The Hall–Kier alpha value is -1.11. The predicted octanol–water partition coefficient (Wildman–Crippen LogP) is 3.33. The van der Waals surface area contributed by atoms with Crippen LogP contribution in [-0.4, -0.2) is 31.4 Å². The fourth-order valence-electron chi connectivity index (χ4n) is 2.34. The second kappa shape index (κ2) is 11.4. The van der Waals surface area contributed by atoms with Gasteiger partial charge in [-0.3, -0.25) is 9.59 Å². The average Bonchev–Trinajstić information content (AvgIpc) is 2.51. The minimum Gasteiger partial charge on any atom is -0.496 e. The van der Waals surface area contributed by atoms with Crippen molar-refractivity contribution in [3.05, 3.63) is 28.2 Å². The number of hydrogen-bond donors (Lipinski definition) is 2. The van der Waals surface area contributed by atoms with Crippen molar-refractivity contribution >= 4 is 40.0 Å². The summed E-state index contributed by atoms with van der Waals surface area (Å²) in [6.07, 6.45) is 1.11. The van der Waals surface area contributed by atoms with Crippen LogP contribution in [0.4, 0.5) is 0 Å². The Morgan fingerprint density at radius 3 is 2.50 bits per heavy atom. The van der Waals surface area contributed by atoms with Crippen molar-refractivity contribution in [2.24, 2.45) is 11.7 Å². The van der Waals surface area contributed by atoms with Crippen LogP contribution in [0.15, 0.2) is 22.7 Å². The van der Waals surface area contributed by atoms with Crippen LogP contribution in [-0.2, 0) is 4.79 Å². The molecule has 0 spiro atoms. The maximum atomic E-state index is 12.3. The summed E-state index contributed by atoms with van der Waals surface area (Å²) in [5.74, 6) is 0.699. The summed E-state index contributed by atoms with van der Waals surface area (Å²) in [6.45, 7) is 4.56. The van der Waals surface area contributed by atoms with Crippen LogP contribution in [0.2, 0.25) is 0 Å². The molecule has 1 unspecified atom stereocenters. The fourth-order valence-corrected chi connectivity index (χ4v) is 2.70. The third-order valence-electron chi connectivity index (χ3n) is 3.45. The highest BCUT2D eigenvalue weighted by Crippen LogP contribution is 2.24. The van der Waals surface area contributed by atoms with Gasteiger partial charge >= 0.3 is 0 Å². The van der Waals surface area contributed by atoms with Gasteiger partial charge in [0.1, 0.15) is 5.75 Å². The number of nitrogens with two attached hydrogens (primary N) is 1. The van der Waals surface area contributed by atoms with E-state index < -0.39 is 0 Å². The first-order valence-corrected chi connectivity index (χ1v) is 8.52. The predicted molar refractivity (Wildman–Crippen MR) is 102 cm³/mol. The lowest BCUT2D eigenvalue weighted by Crippen LogP contribution is -2.41. The van der Waals surface area contributed by atoms with Gasteiger partial charge in [0.25, 0.3) is 0 Å². The van der Waals surface area contributed by atoms with Crippen molar-refractivity contribution in [2.75, 3.05) is 13.7 Å². The molecule has 1 amide bonds. The molecule has 0 fully saturated rings. The molecule has 0 saturated heterocycles. The molecule has 0 radical (unpaired) electrons. The van der Waals surface area contributed by atoms with Gasteiger partial charge in [-0.15, -0.1) is 12.4 Å². The lowest BCUT2D eigenvalue weighted by Gasteiger charge is -2.18. The fraction of sp³-hybridized carbons (Fsp3) is 0.529. The molecule has 3 N–H and O–H groups in total. The van der Waals surface area contributed by atoms with Gasteiger partial charge in [0.2, 0.25) is 5.91 Å². The number of nitrogens with one attached hydrogen (secondary N) is 1. The Balaban J connectivity index is 0.00000529. The van der Waals surface area contributed by atoms with E-state index in [1.807, 2.05) is 0 Å². The molecule has 7 heteroatoms. The Bertz CT molecular complexity index is 553. The van der Waals surface area contributed by atoms with E-state index in [1.165, 1.54) is 7.11 Å². The molecule has 0 saturated carbocycles. The van der Waals surface area contributed by atoms with E-state index in [-0.39, 0.29) is 43.0 Å². The van der Waals surface area contributed by atoms with Crippen molar-refractivity contribution in [3.8, 4) is 5.75 Å². The zero-order chi connectivity index (χ0) is 17.4. The Labute approximate surface area is 158 Å². The Morgan fingerprint density at radius 1 is 1.29 bits per heavy atom. The van der Waals surface area contributed by atoms with Crippen LogP contribution in [0.3, 0.4) is 0 Å². The SMILES string of the molecule is COc1ccc(Br)cc1C(=O)CCC(=O)NC(CN)CC(C)C.Cl. The number of benzene rings is 1. The summed E-state index contributed by atoms with van der Waals surface area (Å²) in [5, 5.41) is 2.89. The number of carbonyl (C=O) groups is 2. The monoisotopic (exact) mass is 420 g/mol. The van der Waals surface area contributed by atoms with Crippen LogP contribution in [0.5, 0.6) is 5.75 Å². The zero-order valence-electron chi connectivity index (χ0n) is 14.3. The van der Waals surface area contributed by atoms with Gasteiger partial charge in [-0.1, -0.05) is 29.8 Å². The van der Waals surface area contributed by atoms with Crippen LogP contribution >= 0.6 is 28.3 Å². The molecular formula is C17H26BrClN2O3. The molecule has 0 heterocycles. The minimum absolute atomic E-state index is 0. The molecule has 1 atom stereocenters. The quantitative estimate of drug-likeness (QED) is 0.599. The summed E-state index contributed by atoms with van der Waals surface area (Å²) in [7, 11) is 1.52. The molecule has 136 valence electrons. The molecule has 1 aromatic carbocycles. The van der Waals surface area contributed by atoms with Gasteiger partial charge in [0.15, 0.2) is 5.78 Å². The number of carbonyl (C=O) groups excluding carboxylic acids is 2. The first-order valence-electron chi connectivity index (χ1n) is 7.73. The van der Waals surface area contributed by atoms with Crippen LogP contribution in [0.1, 0.15) is 43.5 Å². The number of hydrogen-bond acceptors (Lipinski definition) is 4. The maximum absolute atomic E-state index is 12.3. The molecule has 0 aliphatic rings. The van der Waals surface area contributed by atoms with Crippen molar-refractivity contribution in [1.82, 2.24) is 5.32 Å². The van der Waals surface area contributed by atoms with Crippen LogP contribution in [0.25, 0.3) is 0 Å². The molecule has 0 aliphatic heterocycles. The van der Waals surface area contributed by atoms with E-state index in [1.54, 1.807) is 18.2 Å². The van der Waals surface area contributed by atoms with E-state index in [0.717, 1.165) is 10.9 Å². The number of rotatable bonds is 9. The standard InChI is InChI=1S/C17H25BrN2O3.ClH/c1-11(2)8-13(10-19)20-17(22)7-5-15(21)14-9-12(18)4-6-16(14)23-3;/h4,6,9,11,13H,5,7-8,10,19H2,1-3H3,(H,20,22);1H. The number of methoxy groups -OCH3 is 1. The first kappa shape index (κ1) is 22.9. The molecule has 0 aromatic heterocycles. The summed E-state index contributed by atoms with van der Waals surface area (Å²) < 4.78 is 5.99. The average molecular weight is 422 g/mol. The van der Waals surface area contributed by atoms with E-state index in [9.17, 15) is 9.59 Å². The lowest BCUT2D eigenvalue weighted by molar-refractivity contribution is -0.121. The topological polar surface area (TPSA) is 81.4 Å². The largest absolute Gasteiger partial charge is 0.496 e. The normalized spacial score (nSPS) is 11.6. The molecular weight excluding hydrogens is 396 g/mol. The highest BCUT2D eigenvalue weighted by molar-refractivity contribution is 9.10. The van der Waals surface area contributed by atoms with Gasteiger partial charge in [-0.2, -0.15) is 0 Å². The van der Waals surface area contributed by atoms with Gasteiger partial charge < -0.3 is 15.8 Å². The first-order chi connectivity index (χ1) is 10.9. The van der Waals surface area contributed by atoms with E-state index in [4.69, 9.17) is 10.5 Å². The van der Waals surface area contributed by atoms with Crippen LogP contribution in [0, 0.1) is 5.92 Å². The van der Waals surface area contributed by atoms with E-state index in [0.29, 0.717) is 23.8 Å². The number of ether oxygens (including phenoxy) is 1. The van der Waals surface area contributed by atoms with Gasteiger partial charge in [0, 0.05) is 29.9 Å². The highest BCUT2D eigenvalue weighted by atomic mass is 79.9. The Kier molecular flexibility index (Phi) is 10.9. The summed E-state index contributed by atoms with van der Waals surface area (Å²) in [4.78, 5) is 24.3.